The Bertz CT molecular complexity index is 708. The van der Waals surface area contributed by atoms with Gasteiger partial charge >= 0.3 is 0 Å². The van der Waals surface area contributed by atoms with E-state index in [1.165, 1.54) is 6.07 Å². The highest BCUT2D eigenvalue weighted by Crippen LogP contribution is 2.40. The molecule has 2 aliphatic rings. The number of aliphatic imine (C=N–C) groups is 1. The predicted molar refractivity (Wildman–Crippen MR) is 83.6 cm³/mol. The van der Waals surface area contributed by atoms with Crippen LogP contribution in [0.15, 0.2) is 34.7 Å². The van der Waals surface area contributed by atoms with E-state index < -0.39 is 0 Å². The van der Waals surface area contributed by atoms with Gasteiger partial charge in [-0.25, -0.2) is 4.39 Å². The molecule has 0 N–H and O–H groups in total. The van der Waals surface area contributed by atoms with Crippen LogP contribution in [-0.2, 0) is 0 Å². The zero-order valence-electron chi connectivity index (χ0n) is 9.80. The van der Waals surface area contributed by atoms with E-state index in [1.54, 1.807) is 29.2 Å². The Morgan fingerprint density at radius 3 is 3.05 bits per heavy atom. The molecule has 0 saturated heterocycles. The summed E-state index contributed by atoms with van der Waals surface area (Å²) in [5, 5.41) is 3.90. The van der Waals surface area contributed by atoms with Gasteiger partial charge in [0.2, 0.25) is 0 Å². The maximum absolute atomic E-state index is 13.7. The van der Waals surface area contributed by atoms with Gasteiger partial charge in [0.05, 0.1) is 17.1 Å². The van der Waals surface area contributed by atoms with Crippen molar-refractivity contribution in [2.24, 2.45) is 4.99 Å². The monoisotopic (exact) mass is 312 g/mol. The van der Waals surface area contributed by atoms with Crippen molar-refractivity contribution in [3.63, 3.8) is 0 Å². The lowest BCUT2D eigenvalue weighted by molar-refractivity contribution is 0.640. The highest BCUT2D eigenvalue weighted by atomic mass is 35.5. The molecule has 1 aromatic heterocycles. The summed E-state index contributed by atoms with van der Waals surface area (Å²) in [4.78, 5) is 7.76. The fraction of sp³-hybridized carbons (Fsp3) is 0.154. The Morgan fingerprint density at radius 1 is 1.32 bits per heavy atom. The summed E-state index contributed by atoms with van der Waals surface area (Å²) >= 11 is 3.30. The second-order valence-corrected chi connectivity index (χ2v) is 6.12. The van der Waals surface area contributed by atoms with Crippen molar-refractivity contribution >= 4 is 56.5 Å². The molecule has 2 nitrogen and oxygen atoms in total. The van der Waals surface area contributed by atoms with Crippen molar-refractivity contribution in [3.05, 3.63) is 40.4 Å². The summed E-state index contributed by atoms with van der Waals surface area (Å²) in [5.41, 5.74) is 1.16. The van der Waals surface area contributed by atoms with E-state index in [1.807, 2.05) is 12.1 Å². The SMILES string of the molecule is Cl.Fc1cccc2sc(C3=CSC4=NCCN34)cc12. The minimum absolute atomic E-state index is 0. The van der Waals surface area contributed by atoms with Crippen LogP contribution in [0.3, 0.4) is 0 Å². The first kappa shape index (κ1) is 13.0. The van der Waals surface area contributed by atoms with E-state index in [2.05, 4.69) is 15.3 Å². The molecule has 0 fully saturated rings. The second-order valence-electron chi connectivity index (χ2n) is 4.20. The summed E-state index contributed by atoms with van der Waals surface area (Å²) < 4.78 is 14.7. The number of nitrogens with zero attached hydrogens (tertiary/aromatic N) is 2. The Labute approximate surface area is 124 Å². The van der Waals surface area contributed by atoms with Crippen molar-refractivity contribution in [2.75, 3.05) is 13.1 Å². The van der Waals surface area contributed by atoms with E-state index >= 15 is 0 Å². The van der Waals surface area contributed by atoms with E-state index in [0.717, 1.165) is 33.5 Å². The summed E-state index contributed by atoms with van der Waals surface area (Å²) in [6, 6.07) is 7.19. The first-order chi connectivity index (χ1) is 8.83. The van der Waals surface area contributed by atoms with Gasteiger partial charge in [-0.05, 0) is 18.2 Å². The number of halogens is 2. The lowest BCUT2D eigenvalue weighted by atomic mass is 10.2. The summed E-state index contributed by atoms with van der Waals surface area (Å²) in [6.07, 6.45) is 0. The average molecular weight is 313 g/mol. The third-order valence-corrected chi connectivity index (χ3v) is 5.15. The minimum atomic E-state index is -0.142. The zero-order chi connectivity index (χ0) is 12.1. The van der Waals surface area contributed by atoms with Gasteiger partial charge in [0, 0.05) is 22.0 Å². The normalized spacial score (nSPS) is 17.2. The molecule has 0 spiro atoms. The van der Waals surface area contributed by atoms with Crippen molar-refractivity contribution < 1.29 is 4.39 Å². The molecule has 19 heavy (non-hydrogen) atoms. The Hall–Kier alpha value is -1.04. The zero-order valence-corrected chi connectivity index (χ0v) is 12.2. The minimum Gasteiger partial charge on any atom is -0.317 e. The van der Waals surface area contributed by atoms with E-state index in [9.17, 15) is 4.39 Å². The quantitative estimate of drug-likeness (QED) is 0.785. The molecule has 0 bridgehead atoms. The van der Waals surface area contributed by atoms with Crippen molar-refractivity contribution in [2.45, 2.75) is 0 Å². The number of amidine groups is 1. The van der Waals surface area contributed by atoms with Crippen molar-refractivity contribution in [1.29, 1.82) is 0 Å². The molecule has 2 aromatic rings. The Balaban J connectivity index is 0.00000110. The van der Waals surface area contributed by atoms with Crippen molar-refractivity contribution in [1.82, 2.24) is 4.90 Å². The number of fused-ring (bicyclic) bond motifs is 2. The second kappa shape index (κ2) is 4.81. The summed E-state index contributed by atoms with van der Waals surface area (Å²) in [7, 11) is 0. The predicted octanol–water partition coefficient (Wildman–Crippen LogP) is 4.18. The van der Waals surface area contributed by atoms with E-state index in [0.29, 0.717) is 5.39 Å². The number of thioether (sulfide) groups is 1. The summed E-state index contributed by atoms with van der Waals surface area (Å²) in [6.45, 7) is 1.80. The van der Waals surface area contributed by atoms with Crippen LogP contribution in [0.4, 0.5) is 4.39 Å². The number of hydrogen-bond acceptors (Lipinski definition) is 4. The third kappa shape index (κ3) is 1.96. The van der Waals surface area contributed by atoms with Gasteiger partial charge < -0.3 is 4.90 Å². The van der Waals surface area contributed by atoms with Crippen LogP contribution in [0, 0.1) is 5.82 Å². The van der Waals surface area contributed by atoms with Gasteiger partial charge in [-0.15, -0.1) is 23.7 Å². The molecule has 1 aromatic carbocycles. The smallest absolute Gasteiger partial charge is 0.168 e. The maximum atomic E-state index is 13.7. The molecule has 0 atom stereocenters. The molecule has 3 heterocycles. The molecular formula is C13H10ClFN2S2. The van der Waals surface area contributed by atoms with Crippen LogP contribution in [0.25, 0.3) is 15.8 Å². The van der Waals surface area contributed by atoms with Crippen molar-refractivity contribution in [3.8, 4) is 0 Å². The first-order valence-corrected chi connectivity index (χ1v) is 7.40. The van der Waals surface area contributed by atoms with Gasteiger partial charge in [0.15, 0.2) is 5.17 Å². The molecule has 6 heteroatoms. The van der Waals surface area contributed by atoms with Gasteiger partial charge in [-0.3, -0.25) is 4.99 Å². The van der Waals surface area contributed by atoms with E-state index in [4.69, 9.17) is 0 Å². The Kier molecular flexibility index (Phi) is 3.28. The number of benzene rings is 1. The van der Waals surface area contributed by atoms with Gasteiger partial charge in [0.1, 0.15) is 5.82 Å². The van der Waals surface area contributed by atoms with Crippen LogP contribution in [0.5, 0.6) is 0 Å². The standard InChI is InChI=1S/C13H9FN2S2.ClH/c14-9-2-1-3-11-8(9)6-12(18-11)10-7-17-13-15-4-5-16(10)13;/h1-3,6-7H,4-5H2;1H. The van der Waals surface area contributed by atoms with Crippen LogP contribution >= 0.6 is 35.5 Å². The molecule has 0 radical (unpaired) electrons. The molecule has 0 unspecified atom stereocenters. The molecule has 0 amide bonds. The highest BCUT2D eigenvalue weighted by Gasteiger charge is 2.28. The molecule has 0 aliphatic carbocycles. The molecule has 0 saturated carbocycles. The number of thiophene rings is 1. The maximum Gasteiger partial charge on any atom is 0.168 e. The molecular weight excluding hydrogens is 303 g/mol. The molecule has 4 rings (SSSR count). The molecule has 98 valence electrons. The largest absolute Gasteiger partial charge is 0.317 e. The number of rotatable bonds is 1. The summed E-state index contributed by atoms with van der Waals surface area (Å²) in [5.74, 6) is -0.142. The lowest BCUT2D eigenvalue weighted by Crippen LogP contribution is -2.19. The fourth-order valence-corrected chi connectivity index (χ4v) is 4.39. The van der Waals surface area contributed by atoms with Crippen LogP contribution in [0.1, 0.15) is 4.88 Å². The van der Waals surface area contributed by atoms with Gasteiger partial charge in [-0.1, -0.05) is 17.8 Å². The number of hydrogen-bond donors (Lipinski definition) is 0. The van der Waals surface area contributed by atoms with E-state index in [-0.39, 0.29) is 18.2 Å². The first-order valence-electron chi connectivity index (χ1n) is 5.70. The topological polar surface area (TPSA) is 15.6 Å². The molecule has 2 aliphatic heterocycles. The van der Waals surface area contributed by atoms with Gasteiger partial charge in [-0.2, -0.15) is 0 Å². The lowest BCUT2D eigenvalue weighted by Gasteiger charge is -2.14. The third-order valence-electron chi connectivity index (χ3n) is 3.13. The van der Waals surface area contributed by atoms with Crippen LogP contribution in [0.2, 0.25) is 0 Å². The van der Waals surface area contributed by atoms with Gasteiger partial charge in [0.25, 0.3) is 0 Å². The highest BCUT2D eigenvalue weighted by molar-refractivity contribution is 8.16. The van der Waals surface area contributed by atoms with Crippen LogP contribution in [-0.4, -0.2) is 23.2 Å². The fourth-order valence-electron chi connectivity index (χ4n) is 2.27. The average Bonchev–Trinajstić information content (AvgIpc) is 3.02. The van der Waals surface area contributed by atoms with Crippen LogP contribution < -0.4 is 0 Å². The Morgan fingerprint density at radius 2 is 2.21 bits per heavy atom.